The van der Waals surface area contributed by atoms with Crippen LogP contribution in [0.1, 0.15) is 48.4 Å². The first-order valence-corrected chi connectivity index (χ1v) is 9.44. The van der Waals surface area contributed by atoms with Crippen LogP contribution in [0.4, 0.5) is 26.3 Å². The molecule has 1 aliphatic heterocycles. The molecule has 1 aromatic carbocycles. The van der Waals surface area contributed by atoms with Gasteiger partial charge in [0.15, 0.2) is 0 Å². The molecule has 2 aliphatic rings. The zero-order chi connectivity index (χ0) is 20.5. The molecule has 3 rings (SSSR count). The van der Waals surface area contributed by atoms with Crippen LogP contribution in [0, 0.1) is 5.92 Å². The third-order valence-corrected chi connectivity index (χ3v) is 5.68. The summed E-state index contributed by atoms with van der Waals surface area (Å²) in [6.07, 6.45) is -6.44. The number of benzene rings is 1. The van der Waals surface area contributed by atoms with E-state index < -0.39 is 29.5 Å². The van der Waals surface area contributed by atoms with E-state index in [1.54, 1.807) is 0 Å². The van der Waals surface area contributed by atoms with Gasteiger partial charge in [0.05, 0.1) is 18.2 Å². The van der Waals surface area contributed by atoms with Crippen LogP contribution in [0.15, 0.2) is 12.1 Å². The minimum atomic E-state index is -4.91. The summed E-state index contributed by atoms with van der Waals surface area (Å²) >= 11 is 0. The number of alkyl halides is 6. The molecule has 0 unspecified atom stereocenters. The fourth-order valence-corrected chi connectivity index (χ4v) is 4.45. The smallest absolute Gasteiger partial charge is 0.416 e. The van der Waals surface area contributed by atoms with Crippen molar-refractivity contribution in [3.8, 4) is 5.75 Å². The van der Waals surface area contributed by atoms with Crippen molar-refractivity contribution in [2.24, 2.45) is 5.92 Å². The summed E-state index contributed by atoms with van der Waals surface area (Å²) < 4.78 is 86.4. The maximum atomic E-state index is 13.9. The molecule has 1 saturated heterocycles. The highest BCUT2D eigenvalue weighted by molar-refractivity contribution is 5.48. The van der Waals surface area contributed by atoms with E-state index in [-0.39, 0.29) is 23.3 Å². The van der Waals surface area contributed by atoms with E-state index in [4.69, 9.17) is 4.74 Å². The molecule has 0 amide bonds. The number of nitrogens with one attached hydrogen (secondary N) is 1. The Labute approximate surface area is 160 Å². The van der Waals surface area contributed by atoms with Crippen LogP contribution in [0.3, 0.4) is 0 Å². The van der Waals surface area contributed by atoms with Crippen molar-refractivity contribution in [1.82, 2.24) is 10.2 Å². The SMILES string of the molecule is COc1cc(C(F)(F)F)cc(C(F)(F)F)c1[C@H](C1CCCC1)N1CCNCC1. The van der Waals surface area contributed by atoms with Crippen LogP contribution < -0.4 is 10.1 Å². The standard InChI is InChI=1S/C19H24F6N2O/c1-28-15-11-13(18(20,21)22)10-14(19(23,24)25)16(15)17(12-4-2-3-5-12)27-8-6-26-7-9-27/h10-12,17,26H,2-9H2,1H3/t17-/m0/s1. The van der Waals surface area contributed by atoms with E-state index in [1.165, 1.54) is 0 Å². The van der Waals surface area contributed by atoms with Crippen molar-refractivity contribution in [2.75, 3.05) is 33.3 Å². The molecule has 2 fully saturated rings. The van der Waals surface area contributed by atoms with Gasteiger partial charge < -0.3 is 10.1 Å². The van der Waals surface area contributed by atoms with Gasteiger partial charge >= 0.3 is 12.4 Å². The number of ether oxygens (including phenoxy) is 1. The Morgan fingerprint density at radius 2 is 1.61 bits per heavy atom. The summed E-state index contributed by atoms with van der Waals surface area (Å²) in [5.41, 5.74) is -2.74. The molecule has 158 valence electrons. The summed E-state index contributed by atoms with van der Waals surface area (Å²) in [7, 11) is 1.13. The van der Waals surface area contributed by atoms with Crippen LogP contribution in [0.5, 0.6) is 5.75 Å². The van der Waals surface area contributed by atoms with Gasteiger partial charge in [-0.25, -0.2) is 0 Å². The predicted octanol–water partition coefficient (Wildman–Crippen LogP) is 4.87. The predicted molar refractivity (Wildman–Crippen MR) is 92.1 cm³/mol. The van der Waals surface area contributed by atoms with Gasteiger partial charge in [-0.05, 0) is 30.9 Å². The highest BCUT2D eigenvalue weighted by Crippen LogP contribution is 2.49. The molecule has 28 heavy (non-hydrogen) atoms. The van der Waals surface area contributed by atoms with Gasteiger partial charge in [0.2, 0.25) is 0 Å². The van der Waals surface area contributed by atoms with Gasteiger partial charge in [-0.15, -0.1) is 0 Å². The topological polar surface area (TPSA) is 24.5 Å². The molecule has 1 heterocycles. The minimum absolute atomic E-state index is 0.0372. The Morgan fingerprint density at radius 3 is 2.11 bits per heavy atom. The average Bonchev–Trinajstić information content (AvgIpc) is 3.15. The van der Waals surface area contributed by atoms with Crippen LogP contribution >= 0.6 is 0 Å². The lowest BCUT2D eigenvalue weighted by atomic mass is 9.85. The highest BCUT2D eigenvalue weighted by Gasteiger charge is 2.44. The number of piperazine rings is 1. The summed E-state index contributed by atoms with van der Waals surface area (Å²) in [4.78, 5) is 1.97. The lowest BCUT2D eigenvalue weighted by Gasteiger charge is -2.40. The monoisotopic (exact) mass is 410 g/mol. The van der Waals surface area contributed by atoms with Crippen molar-refractivity contribution in [3.63, 3.8) is 0 Å². The second-order valence-electron chi connectivity index (χ2n) is 7.41. The van der Waals surface area contributed by atoms with E-state index in [0.29, 0.717) is 32.2 Å². The second-order valence-corrected chi connectivity index (χ2v) is 7.41. The second kappa shape index (κ2) is 8.10. The Hall–Kier alpha value is -1.48. The molecule has 0 spiro atoms. The zero-order valence-electron chi connectivity index (χ0n) is 15.6. The fraction of sp³-hybridized carbons (Fsp3) is 0.684. The van der Waals surface area contributed by atoms with Gasteiger partial charge in [-0.3, -0.25) is 4.90 Å². The number of nitrogens with zero attached hydrogens (tertiary/aromatic N) is 1. The molecule has 0 aromatic heterocycles. The Balaban J connectivity index is 2.19. The molecule has 0 radical (unpaired) electrons. The summed E-state index contributed by atoms with van der Waals surface area (Å²) in [6, 6.07) is 0.329. The third-order valence-electron chi connectivity index (χ3n) is 5.68. The Kier molecular flexibility index (Phi) is 6.14. The van der Waals surface area contributed by atoms with Crippen molar-refractivity contribution < 1.29 is 31.1 Å². The zero-order valence-corrected chi connectivity index (χ0v) is 15.6. The van der Waals surface area contributed by atoms with Crippen LogP contribution in [-0.4, -0.2) is 38.2 Å². The molecule has 1 N–H and O–H groups in total. The molecule has 1 saturated carbocycles. The first kappa shape index (κ1) is 21.2. The molecule has 1 aliphatic carbocycles. The van der Waals surface area contributed by atoms with Gasteiger partial charge in [0.1, 0.15) is 5.75 Å². The van der Waals surface area contributed by atoms with Crippen molar-refractivity contribution in [2.45, 2.75) is 44.1 Å². The fourth-order valence-electron chi connectivity index (χ4n) is 4.45. The minimum Gasteiger partial charge on any atom is -0.496 e. The maximum Gasteiger partial charge on any atom is 0.416 e. The molecule has 1 aromatic rings. The first-order chi connectivity index (χ1) is 13.1. The number of methoxy groups -OCH3 is 1. The summed E-state index contributed by atoms with van der Waals surface area (Å²) in [5.74, 6) is -0.373. The molecular weight excluding hydrogens is 386 g/mol. The normalized spacial score (nSPS) is 21.1. The van der Waals surface area contributed by atoms with Gasteiger partial charge in [0, 0.05) is 37.8 Å². The lowest BCUT2D eigenvalue weighted by molar-refractivity contribution is -0.144. The summed E-state index contributed by atoms with van der Waals surface area (Å²) in [6.45, 7) is 2.35. The van der Waals surface area contributed by atoms with E-state index in [9.17, 15) is 26.3 Å². The molecular formula is C19H24F6N2O. The summed E-state index contributed by atoms with van der Waals surface area (Å²) in [5, 5.41) is 3.17. The number of hydrogen-bond acceptors (Lipinski definition) is 3. The lowest BCUT2D eigenvalue weighted by Crippen LogP contribution is -2.47. The van der Waals surface area contributed by atoms with Gasteiger partial charge in [-0.2, -0.15) is 26.3 Å². The first-order valence-electron chi connectivity index (χ1n) is 9.44. The Bertz CT molecular complexity index is 676. The van der Waals surface area contributed by atoms with E-state index in [2.05, 4.69) is 5.32 Å². The van der Waals surface area contributed by atoms with Gasteiger partial charge in [0.25, 0.3) is 0 Å². The van der Waals surface area contributed by atoms with E-state index in [0.717, 1.165) is 32.8 Å². The average molecular weight is 410 g/mol. The van der Waals surface area contributed by atoms with Crippen LogP contribution in [-0.2, 0) is 12.4 Å². The Morgan fingerprint density at radius 1 is 1.00 bits per heavy atom. The molecule has 0 bridgehead atoms. The maximum absolute atomic E-state index is 13.9. The van der Waals surface area contributed by atoms with Crippen molar-refractivity contribution in [1.29, 1.82) is 0 Å². The van der Waals surface area contributed by atoms with Crippen LogP contribution in [0.2, 0.25) is 0 Å². The van der Waals surface area contributed by atoms with Crippen LogP contribution in [0.25, 0.3) is 0 Å². The molecule has 3 nitrogen and oxygen atoms in total. The quantitative estimate of drug-likeness (QED) is 0.717. The molecule has 1 atom stereocenters. The van der Waals surface area contributed by atoms with Gasteiger partial charge in [-0.1, -0.05) is 12.8 Å². The van der Waals surface area contributed by atoms with Crippen molar-refractivity contribution in [3.05, 3.63) is 28.8 Å². The van der Waals surface area contributed by atoms with E-state index >= 15 is 0 Å². The largest absolute Gasteiger partial charge is 0.496 e. The number of rotatable bonds is 4. The number of halogens is 6. The van der Waals surface area contributed by atoms with E-state index in [1.807, 2.05) is 4.90 Å². The highest BCUT2D eigenvalue weighted by atomic mass is 19.4. The van der Waals surface area contributed by atoms with Crippen molar-refractivity contribution >= 4 is 0 Å². The third kappa shape index (κ3) is 4.40. The molecule has 9 heteroatoms. The number of hydrogen-bond donors (Lipinski definition) is 1.